The van der Waals surface area contributed by atoms with Crippen LogP contribution < -0.4 is 5.73 Å². The van der Waals surface area contributed by atoms with E-state index in [9.17, 15) is 13.6 Å². The van der Waals surface area contributed by atoms with Gasteiger partial charge in [-0.1, -0.05) is 13.8 Å². The van der Waals surface area contributed by atoms with Gasteiger partial charge in [0.05, 0.1) is 0 Å². The summed E-state index contributed by atoms with van der Waals surface area (Å²) < 4.78 is 26.1. The Morgan fingerprint density at radius 2 is 1.79 bits per heavy atom. The monoisotopic (exact) mass is 270 g/mol. The molecule has 19 heavy (non-hydrogen) atoms. The average molecular weight is 270 g/mol. The van der Waals surface area contributed by atoms with Crippen molar-refractivity contribution in [3.05, 3.63) is 35.4 Å². The van der Waals surface area contributed by atoms with E-state index >= 15 is 0 Å². The van der Waals surface area contributed by atoms with Gasteiger partial charge >= 0.3 is 0 Å². The Morgan fingerprint density at radius 3 is 2.26 bits per heavy atom. The average Bonchev–Trinajstić information content (AvgIpc) is 2.33. The van der Waals surface area contributed by atoms with Crippen LogP contribution in [0, 0.1) is 17.6 Å². The molecule has 0 aromatic heterocycles. The van der Waals surface area contributed by atoms with E-state index in [1.54, 1.807) is 7.05 Å². The van der Waals surface area contributed by atoms with Crippen LogP contribution in [0.4, 0.5) is 8.78 Å². The highest BCUT2D eigenvalue weighted by atomic mass is 19.1. The fraction of sp³-hybridized carbons (Fsp3) is 0.500. The minimum Gasteiger partial charge on any atom is -0.342 e. The number of hydrogen-bond acceptors (Lipinski definition) is 2. The van der Waals surface area contributed by atoms with Crippen LogP contribution >= 0.6 is 0 Å². The van der Waals surface area contributed by atoms with Crippen molar-refractivity contribution in [1.82, 2.24) is 4.90 Å². The summed E-state index contributed by atoms with van der Waals surface area (Å²) in [6, 6.07) is 2.81. The second kappa shape index (κ2) is 6.61. The Kier molecular flexibility index (Phi) is 5.42. The molecule has 0 saturated carbocycles. The molecule has 5 heteroatoms. The van der Waals surface area contributed by atoms with E-state index in [0.29, 0.717) is 18.9 Å². The molecule has 106 valence electrons. The minimum absolute atomic E-state index is 0.000467. The van der Waals surface area contributed by atoms with Crippen molar-refractivity contribution in [2.45, 2.75) is 26.3 Å². The molecule has 2 N–H and O–H groups in total. The second-order valence-electron chi connectivity index (χ2n) is 5.08. The van der Waals surface area contributed by atoms with Crippen molar-refractivity contribution >= 4 is 5.91 Å². The van der Waals surface area contributed by atoms with Gasteiger partial charge in [0.1, 0.15) is 11.6 Å². The summed E-state index contributed by atoms with van der Waals surface area (Å²) in [7, 11) is 1.60. The van der Waals surface area contributed by atoms with E-state index in [0.717, 1.165) is 18.2 Å². The van der Waals surface area contributed by atoms with Gasteiger partial charge in [0.2, 0.25) is 0 Å². The van der Waals surface area contributed by atoms with E-state index in [1.165, 1.54) is 4.90 Å². The largest absolute Gasteiger partial charge is 0.342 e. The number of benzene rings is 1. The van der Waals surface area contributed by atoms with Gasteiger partial charge in [-0.05, 0) is 24.5 Å². The third-order valence-corrected chi connectivity index (χ3v) is 3.11. The molecule has 1 aromatic carbocycles. The van der Waals surface area contributed by atoms with Crippen LogP contribution in [0.15, 0.2) is 18.2 Å². The van der Waals surface area contributed by atoms with Gasteiger partial charge in [-0.15, -0.1) is 0 Å². The number of carbonyl (C=O) groups is 1. The highest BCUT2D eigenvalue weighted by Crippen LogP contribution is 2.11. The Labute approximate surface area is 112 Å². The highest BCUT2D eigenvalue weighted by molar-refractivity contribution is 5.94. The number of nitrogens with two attached hydrogens (primary N) is 1. The molecule has 1 atom stereocenters. The van der Waals surface area contributed by atoms with Gasteiger partial charge in [-0.3, -0.25) is 4.79 Å². The van der Waals surface area contributed by atoms with Crippen molar-refractivity contribution in [3.63, 3.8) is 0 Å². The third kappa shape index (κ3) is 4.59. The van der Waals surface area contributed by atoms with Crippen molar-refractivity contribution in [1.29, 1.82) is 0 Å². The molecule has 0 bridgehead atoms. The van der Waals surface area contributed by atoms with Crippen molar-refractivity contribution < 1.29 is 13.6 Å². The fourth-order valence-electron chi connectivity index (χ4n) is 1.68. The first-order valence-corrected chi connectivity index (χ1v) is 6.28. The highest BCUT2D eigenvalue weighted by Gasteiger charge is 2.15. The SMILES string of the molecule is CC(C)C(N)CCN(C)C(=O)c1cc(F)cc(F)c1. The van der Waals surface area contributed by atoms with Gasteiger partial charge in [-0.2, -0.15) is 0 Å². The second-order valence-corrected chi connectivity index (χ2v) is 5.08. The summed E-state index contributed by atoms with van der Waals surface area (Å²) >= 11 is 0. The normalized spacial score (nSPS) is 12.6. The van der Waals surface area contributed by atoms with Crippen molar-refractivity contribution in [2.24, 2.45) is 11.7 Å². The lowest BCUT2D eigenvalue weighted by molar-refractivity contribution is 0.0788. The Bertz CT molecular complexity index is 429. The minimum atomic E-state index is -0.754. The van der Waals surface area contributed by atoms with Crippen LogP contribution in [0.1, 0.15) is 30.6 Å². The summed E-state index contributed by atoms with van der Waals surface area (Å²) in [4.78, 5) is 13.4. The molecule has 0 saturated heterocycles. The van der Waals surface area contributed by atoms with E-state index in [2.05, 4.69) is 0 Å². The predicted molar refractivity (Wildman–Crippen MR) is 70.7 cm³/mol. The lowest BCUT2D eigenvalue weighted by Gasteiger charge is -2.21. The van der Waals surface area contributed by atoms with Crippen LogP contribution in [0.25, 0.3) is 0 Å². The zero-order valence-corrected chi connectivity index (χ0v) is 11.5. The Balaban J connectivity index is 2.66. The first-order valence-electron chi connectivity index (χ1n) is 6.28. The van der Waals surface area contributed by atoms with Gasteiger partial charge in [0.15, 0.2) is 0 Å². The maximum absolute atomic E-state index is 13.0. The molecule has 0 heterocycles. The molecule has 1 unspecified atom stereocenters. The molecule has 3 nitrogen and oxygen atoms in total. The van der Waals surface area contributed by atoms with Crippen molar-refractivity contribution in [2.75, 3.05) is 13.6 Å². The van der Waals surface area contributed by atoms with E-state index in [4.69, 9.17) is 5.73 Å². The van der Waals surface area contributed by atoms with Crippen LogP contribution in [0.3, 0.4) is 0 Å². The van der Waals surface area contributed by atoms with Gasteiger partial charge < -0.3 is 10.6 Å². The number of halogens is 2. The molecule has 1 rings (SSSR count). The number of amides is 1. The summed E-state index contributed by atoms with van der Waals surface area (Å²) in [5.41, 5.74) is 5.91. The van der Waals surface area contributed by atoms with E-state index < -0.39 is 17.5 Å². The predicted octanol–water partition coefficient (Wildman–Crippen LogP) is 2.41. The first kappa shape index (κ1) is 15.6. The van der Waals surface area contributed by atoms with E-state index in [-0.39, 0.29) is 11.6 Å². The summed E-state index contributed by atoms with van der Waals surface area (Å²) in [5, 5.41) is 0. The number of rotatable bonds is 5. The van der Waals surface area contributed by atoms with Crippen LogP contribution in [0.5, 0.6) is 0 Å². The topological polar surface area (TPSA) is 46.3 Å². The smallest absolute Gasteiger partial charge is 0.253 e. The lowest BCUT2D eigenvalue weighted by atomic mass is 10.0. The molecule has 0 aliphatic carbocycles. The van der Waals surface area contributed by atoms with Gasteiger partial charge in [-0.25, -0.2) is 8.78 Å². The molecule has 0 radical (unpaired) electrons. The molecule has 0 fully saturated rings. The zero-order valence-electron chi connectivity index (χ0n) is 11.5. The van der Waals surface area contributed by atoms with Crippen LogP contribution in [-0.4, -0.2) is 30.4 Å². The molecular formula is C14H20F2N2O. The molecular weight excluding hydrogens is 250 g/mol. The summed E-state index contributed by atoms with van der Waals surface area (Å²) in [5.74, 6) is -1.59. The number of nitrogens with zero attached hydrogens (tertiary/aromatic N) is 1. The standard InChI is InChI=1S/C14H20F2N2O/c1-9(2)13(17)4-5-18(3)14(19)10-6-11(15)8-12(16)7-10/h6-9,13H,4-5,17H2,1-3H3. The third-order valence-electron chi connectivity index (χ3n) is 3.11. The molecule has 0 aliphatic rings. The molecule has 1 amide bonds. The van der Waals surface area contributed by atoms with E-state index in [1.807, 2.05) is 13.8 Å². The van der Waals surface area contributed by atoms with Crippen molar-refractivity contribution in [3.8, 4) is 0 Å². The molecule has 0 spiro atoms. The summed E-state index contributed by atoms with van der Waals surface area (Å²) in [6.07, 6.45) is 0.651. The number of carbonyl (C=O) groups excluding carboxylic acids is 1. The summed E-state index contributed by atoms with van der Waals surface area (Å²) in [6.45, 7) is 4.47. The maximum Gasteiger partial charge on any atom is 0.253 e. The molecule has 1 aromatic rings. The van der Waals surface area contributed by atoms with Crippen LogP contribution in [-0.2, 0) is 0 Å². The quantitative estimate of drug-likeness (QED) is 0.893. The van der Waals surface area contributed by atoms with Gasteiger partial charge in [0.25, 0.3) is 5.91 Å². The number of hydrogen-bond donors (Lipinski definition) is 1. The van der Waals surface area contributed by atoms with Crippen LogP contribution in [0.2, 0.25) is 0 Å². The zero-order chi connectivity index (χ0) is 14.6. The Morgan fingerprint density at radius 1 is 1.26 bits per heavy atom. The maximum atomic E-state index is 13.0. The lowest BCUT2D eigenvalue weighted by Crippen LogP contribution is -2.34. The van der Waals surface area contributed by atoms with Gasteiger partial charge in [0, 0.05) is 31.3 Å². The Hall–Kier alpha value is -1.49. The first-order chi connectivity index (χ1) is 8.81. The fourth-order valence-corrected chi connectivity index (χ4v) is 1.68. The molecule has 0 aliphatic heterocycles.